The number of rotatable bonds is 5. The molecule has 0 fully saturated rings. The van der Waals surface area contributed by atoms with Crippen molar-refractivity contribution in [1.29, 1.82) is 0 Å². The first-order valence-electron chi connectivity index (χ1n) is 7.28. The summed E-state index contributed by atoms with van der Waals surface area (Å²) < 4.78 is 6.24. The zero-order valence-corrected chi connectivity index (χ0v) is 15.2. The van der Waals surface area contributed by atoms with E-state index in [1.807, 2.05) is 37.4 Å². The Bertz CT molecular complexity index is 675. The zero-order chi connectivity index (χ0) is 16.7. The van der Waals surface area contributed by atoms with Crippen LogP contribution in [0.25, 0.3) is 0 Å². The summed E-state index contributed by atoms with van der Waals surface area (Å²) in [6.07, 6.45) is 1.74. The Morgan fingerprint density at radius 1 is 1.35 bits per heavy atom. The van der Waals surface area contributed by atoms with Gasteiger partial charge in [0.1, 0.15) is 0 Å². The minimum absolute atomic E-state index is 0.612. The van der Waals surface area contributed by atoms with Gasteiger partial charge in [0.15, 0.2) is 5.96 Å². The molecule has 0 aliphatic rings. The van der Waals surface area contributed by atoms with Gasteiger partial charge in [0.2, 0.25) is 5.88 Å². The molecule has 0 atom stereocenters. The fraction of sp³-hybridized carbons (Fsp3) is 0.294. The molecule has 0 spiro atoms. The number of aliphatic imine (C=N–C) groups is 1. The second kappa shape index (κ2) is 8.53. The molecule has 1 heterocycles. The fourth-order valence-electron chi connectivity index (χ4n) is 2.19. The van der Waals surface area contributed by atoms with Crippen LogP contribution in [0.4, 0.5) is 0 Å². The van der Waals surface area contributed by atoms with Crippen molar-refractivity contribution in [3.63, 3.8) is 0 Å². The molecular formula is C17H21BrN4O. The molecule has 122 valence electrons. The Kier molecular flexibility index (Phi) is 6.40. The van der Waals surface area contributed by atoms with Crippen LogP contribution in [0.2, 0.25) is 0 Å². The topological polar surface area (TPSA) is 49.8 Å². The van der Waals surface area contributed by atoms with Gasteiger partial charge >= 0.3 is 0 Å². The molecule has 5 nitrogen and oxygen atoms in total. The highest BCUT2D eigenvalue weighted by Crippen LogP contribution is 2.17. The first-order chi connectivity index (χ1) is 11.1. The molecule has 0 unspecified atom stereocenters. The summed E-state index contributed by atoms with van der Waals surface area (Å²) >= 11 is 3.58. The minimum atomic E-state index is 0.612. The quantitative estimate of drug-likeness (QED) is 0.643. The highest BCUT2D eigenvalue weighted by atomic mass is 79.9. The Morgan fingerprint density at radius 3 is 2.83 bits per heavy atom. The van der Waals surface area contributed by atoms with E-state index in [0.29, 0.717) is 12.4 Å². The van der Waals surface area contributed by atoms with E-state index in [2.05, 4.69) is 42.2 Å². The Hall–Kier alpha value is -2.08. The predicted octanol–water partition coefficient (Wildman–Crippen LogP) is 3.06. The molecule has 0 aliphatic carbocycles. The van der Waals surface area contributed by atoms with Gasteiger partial charge in [-0.05, 0) is 23.3 Å². The summed E-state index contributed by atoms with van der Waals surface area (Å²) in [6.45, 7) is 1.42. The maximum atomic E-state index is 5.14. The van der Waals surface area contributed by atoms with Gasteiger partial charge in [-0.15, -0.1) is 0 Å². The Morgan fingerprint density at radius 2 is 2.13 bits per heavy atom. The minimum Gasteiger partial charge on any atom is -0.481 e. The normalized spacial score (nSPS) is 11.2. The summed E-state index contributed by atoms with van der Waals surface area (Å²) in [4.78, 5) is 10.5. The van der Waals surface area contributed by atoms with E-state index in [1.165, 1.54) is 5.56 Å². The number of hydrogen-bond acceptors (Lipinski definition) is 3. The molecule has 2 aromatic rings. The van der Waals surface area contributed by atoms with Crippen LogP contribution in [0.1, 0.15) is 11.1 Å². The maximum absolute atomic E-state index is 5.14. The predicted molar refractivity (Wildman–Crippen MR) is 96.6 cm³/mol. The first-order valence-corrected chi connectivity index (χ1v) is 8.07. The highest BCUT2D eigenvalue weighted by molar-refractivity contribution is 9.10. The number of pyridine rings is 1. The average Bonchev–Trinajstić information content (AvgIpc) is 2.57. The molecule has 0 bridgehead atoms. The summed E-state index contributed by atoms with van der Waals surface area (Å²) in [5, 5.41) is 3.35. The van der Waals surface area contributed by atoms with Crippen LogP contribution in [0.5, 0.6) is 5.88 Å². The van der Waals surface area contributed by atoms with Crippen LogP contribution in [-0.2, 0) is 13.1 Å². The van der Waals surface area contributed by atoms with Crippen molar-refractivity contribution in [3.8, 4) is 5.88 Å². The third kappa shape index (κ3) is 4.96. The summed E-state index contributed by atoms with van der Waals surface area (Å²) in [6, 6.07) is 12.1. The van der Waals surface area contributed by atoms with Crippen molar-refractivity contribution >= 4 is 21.9 Å². The monoisotopic (exact) mass is 376 g/mol. The summed E-state index contributed by atoms with van der Waals surface area (Å²) in [7, 11) is 5.41. The number of aromatic nitrogens is 1. The number of nitrogens with zero attached hydrogens (tertiary/aromatic N) is 3. The van der Waals surface area contributed by atoms with E-state index in [4.69, 9.17) is 4.74 Å². The average molecular weight is 377 g/mol. The van der Waals surface area contributed by atoms with Crippen LogP contribution < -0.4 is 10.1 Å². The van der Waals surface area contributed by atoms with Crippen LogP contribution in [0, 0.1) is 0 Å². The third-order valence-electron chi connectivity index (χ3n) is 3.40. The van der Waals surface area contributed by atoms with E-state index in [1.54, 1.807) is 20.4 Å². The van der Waals surface area contributed by atoms with E-state index < -0.39 is 0 Å². The van der Waals surface area contributed by atoms with Crippen LogP contribution in [0.15, 0.2) is 52.1 Å². The van der Waals surface area contributed by atoms with Gasteiger partial charge in [0, 0.05) is 43.9 Å². The number of benzene rings is 1. The van der Waals surface area contributed by atoms with Gasteiger partial charge in [-0.2, -0.15) is 0 Å². The van der Waals surface area contributed by atoms with Crippen molar-refractivity contribution in [2.45, 2.75) is 13.1 Å². The second-order valence-corrected chi connectivity index (χ2v) is 5.91. The number of ether oxygens (including phenoxy) is 1. The molecule has 1 aromatic carbocycles. The van der Waals surface area contributed by atoms with E-state index in [9.17, 15) is 0 Å². The van der Waals surface area contributed by atoms with Crippen LogP contribution in [0.3, 0.4) is 0 Å². The largest absolute Gasteiger partial charge is 0.481 e. The number of halogens is 1. The van der Waals surface area contributed by atoms with Crippen molar-refractivity contribution in [2.24, 2.45) is 4.99 Å². The van der Waals surface area contributed by atoms with Crippen molar-refractivity contribution in [2.75, 3.05) is 21.2 Å². The van der Waals surface area contributed by atoms with Gasteiger partial charge in [-0.1, -0.05) is 34.1 Å². The molecule has 0 radical (unpaired) electrons. The Labute approximate surface area is 145 Å². The first kappa shape index (κ1) is 17.3. The smallest absolute Gasteiger partial charge is 0.213 e. The van der Waals surface area contributed by atoms with Crippen molar-refractivity contribution < 1.29 is 4.74 Å². The van der Waals surface area contributed by atoms with E-state index >= 15 is 0 Å². The Balaban J connectivity index is 1.98. The maximum Gasteiger partial charge on any atom is 0.213 e. The van der Waals surface area contributed by atoms with Crippen molar-refractivity contribution in [3.05, 3.63) is 58.2 Å². The molecule has 0 saturated heterocycles. The number of guanidine groups is 1. The van der Waals surface area contributed by atoms with Crippen LogP contribution >= 0.6 is 15.9 Å². The number of methoxy groups -OCH3 is 1. The van der Waals surface area contributed by atoms with Gasteiger partial charge < -0.3 is 15.0 Å². The molecule has 6 heteroatoms. The SMILES string of the molecule is CN=C(NCc1ccnc(OC)c1)N(C)Cc1ccccc1Br. The molecule has 23 heavy (non-hydrogen) atoms. The summed E-state index contributed by atoms with van der Waals surface area (Å²) in [5.74, 6) is 1.44. The third-order valence-corrected chi connectivity index (χ3v) is 4.17. The van der Waals surface area contributed by atoms with Gasteiger partial charge in [-0.3, -0.25) is 4.99 Å². The number of hydrogen-bond donors (Lipinski definition) is 1. The molecule has 1 aromatic heterocycles. The zero-order valence-electron chi connectivity index (χ0n) is 13.6. The van der Waals surface area contributed by atoms with Gasteiger partial charge in [-0.25, -0.2) is 4.98 Å². The number of nitrogens with one attached hydrogen (secondary N) is 1. The van der Waals surface area contributed by atoms with Gasteiger partial charge in [0.05, 0.1) is 7.11 Å². The molecule has 0 aliphatic heterocycles. The molecule has 2 rings (SSSR count). The lowest BCUT2D eigenvalue weighted by atomic mass is 10.2. The second-order valence-electron chi connectivity index (χ2n) is 5.05. The van der Waals surface area contributed by atoms with E-state index in [-0.39, 0.29) is 0 Å². The fourth-order valence-corrected chi connectivity index (χ4v) is 2.61. The summed E-state index contributed by atoms with van der Waals surface area (Å²) in [5.41, 5.74) is 2.30. The molecule has 0 amide bonds. The lowest BCUT2D eigenvalue weighted by Crippen LogP contribution is -2.38. The molecular weight excluding hydrogens is 356 g/mol. The van der Waals surface area contributed by atoms with E-state index in [0.717, 1.165) is 22.5 Å². The molecule has 0 saturated carbocycles. The standard InChI is InChI=1S/C17H21BrN4O/c1-19-17(21-11-13-8-9-20-16(10-13)23-3)22(2)12-14-6-4-5-7-15(14)18/h4-10H,11-12H2,1-3H3,(H,19,21). The van der Waals surface area contributed by atoms with Gasteiger partial charge in [0.25, 0.3) is 0 Å². The van der Waals surface area contributed by atoms with Crippen molar-refractivity contribution in [1.82, 2.24) is 15.2 Å². The lowest BCUT2D eigenvalue weighted by Gasteiger charge is -2.22. The highest BCUT2D eigenvalue weighted by Gasteiger charge is 2.08. The van der Waals surface area contributed by atoms with Crippen LogP contribution in [-0.4, -0.2) is 37.0 Å². The lowest BCUT2D eigenvalue weighted by molar-refractivity contribution is 0.397. The molecule has 1 N–H and O–H groups in total.